The number of nitrogens with one attached hydrogen (secondary N) is 1. The summed E-state index contributed by atoms with van der Waals surface area (Å²) in [5.74, 6) is 0.229. The number of carbonyl (C=O) groups is 1. The van der Waals surface area contributed by atoms with Crippen molar-refractivity contribution >= 4 is 40.0 Å². The molecule has 0 saturated carbocycles. The van der Waals surface area contributed by atoms with Crippen molar-refractivity contribution in [2.24, 2.45) is 0 Å². The van der Waals surface area contributed by atoms with E-state index in [0.717, 1.165) is 11.1 Å². The van der Waals surface area contributed by atoms with Crippen molar-refractivity contribution in [1.29, 1.82) is 0 Å². The molecule has 0 atom stereocenters. The third-order valence-corrected chi connectivity index (χ3v) is 5.37. The third kappa shape index (κ3) is 5.25. The van der Waals surface area contributed by atoms with Gasteiger partial charge in [0.05, 0.1) is 5.03 Å². The molecule has 1 aromatic heterocycles. The smallest absolute Gasteiger partial charge is 0.282 e. The maximum atomic E-state index is 12.2. The fourth-order valence-electron chi connectivity index (χ4n) is 2.45. The summed E-state index contributed by atoms with van der Waals surface area (Å²) in [6.07, 6.45) is 1.83. The Morgan fingerprint density at radius 3 is 2.41 bits per heavy atom. The largest absolute Gasteiger partial charge is 0.346 e. The van der Waals surface area contributed by atoms with E-state index in [9.17, 15) is 4.79 Å². The van der Waals surface area contributed by atoms with Crippen molar-refractivity contribution in [3.05, 3.63) is 81.3 Å². The van der Waals surface area contributed by atoms with E-state index >= 15 is 0 Å². The molecule has 27 heavy (non-hydrogen) atoms. The topological polar surface area (TPSA) is 54.9 Å². The predicted molar refractivity (Wildman–Crippen MR) is 112 cm³/mol. The van der Waals surface area contributed by atoms with Crippen molar-refractivity contribution in [3.8, 4) is 0 Å². The van der Waals surface area contributed by atoms with Gasteiger partial charge < -0.3 is 5.32 Å². The highest BCUT2D eigenvalue weighted by atomic mass is 35.5. The first-order chi connectivity index (χ1) is 13.0. The van der Waals surface area contributed by atoms with E-state index in [4.69, 9.17) is 11.6 Å². The van der Waals surface area contributed by atoms with Gasteiger partial charge in [0.25, 0.3) is 5.91 Å². The molecule has 2 aromatic carbocycles. The van der Waals surface area contributed by atoms with Crippen molar-refractivity contribution in [1.82, 2.24) is 15.5 Å². The number of carbonyl (C=O) groups excluding carboxylic acids is 1. The molecule has 3 aromatic rings. The van der Waals surface area contributed by atoms with Crippen LogP contribution in [0.2, 0.25) is 0 Å². The number of hydrogen-bond acceptors (Lipinski definition) is 4. The SMILES string of the molecule is CC(C)c1ccc(/C=C(\Cl)c2nnc(C(=O)NCc3ccccc3)s2)cc1. The van der Waals surface area contributed by atoms with Gasteiger partial charge in [-0.05, 0) is 28.7 Å². The van der Waals surface area contributed by atoms with Gasteiger partial charge >= 0.3 is 0 Å². The Balaban J connectivity index is 1.66. The van der Waals surface area contributed by atoms with Gasteiger partial charge in [-0.3, -0.25) is 4.79 Å². The van der Waals surface area contributed by atoms with Crippen LogP contribution in [0.15, 0.2) is 54.6 Å². The monoisotopic (exact) mass is 397 g/mol. The molecule has 0 radical (unpaired) electrons. The molecule has 0 saturated heterocycles. The van der Waals surface area contributed by atoms with Crippen LogP contribution < -0.4 is 5.32 Å². The summed E-state index contributed by atoms with van der Waals surface area (Å²) < 4.78 is 0. The first kappa shape index (κ1) is 19.3. The summed E-state index contributed by atoms with van der Waals surface area (Å²) in [6, 6.07) is 17.9. The van der Waals surface area contributed by atoms with Crippen molar-refractivity contribution in [2.45, 2.75) is 26.3 Å². The van der Waals surface area contributed by atoms with Crippen LogP contribution in [0.4, 0.5) is 0 Å². The fourth-order valence-corrected chi connectivity index (χ4v) is 3.40. The van der Waals surface area contributed by atoms with Gasteiger partial charge in [0.15, 0.2) is 5.01 Å². The zero-order valence-corrected chi connectivity index (χ0v) is 16.7. The lowest BCUT2D eigenvalue weighted by molar-refractivity contribution is 0.0950. The van der Waals surface area contributed by atoms with Gasteiger partial charge in [0.1, 0.15) is 0 Å². The molecule has 1 heterocycles. The second-order valence-corrected chi connectivity index (χ2v) is 7.78. The lowest BCUT2D eigenvalue weighted by Gasteiger charge is -2.04. The summed E-state index contributed by atoms with van der Waals surface area (Å²) in [6.45, 7) is 4.76. The van der Waals surface area contributed by atoms with Crippen LogP contribution in [0.1, 0.15) is 51.3 Å². The van der Waals surface area contributed by atoms with Crippen LogP contribution in [-0.4, -0.2) is 16.1 Å². The van der Waals surface area contributed by atoms with E-state index in [0.29, 0.717) is 27.5 Å². The van der Waals surface area contributed by atoms with Crippen LogP contribution in [0, 0.1) is 0 Å². The maximum Gasteiger partial charge on any atom is 0.282 e. The summed E-state index contributed by atoms with van der Waals surface area (Å²) >= 11 is 7.55. The average molecular weight is 398 g/mol. The van der Waals surface area contributed by atoms with Crippen LogP contribution >= 0.6 is 22.9 Å². The fraction of sp³-hybridized carbons (Fsp3) is 0.190. The number of hydrogen-bond donors (Lipinski definition) is 1. The highest BCUT2D eigenvalue weighted by Gasteiger charge is 2.14. The molecule has 138 valence electrons. The van der Waals surface area contributed by atoms with Crippen LogP contribution in [0.25, 0.3) is 11.1 Å². The Morgan fingerprint density at radius 1 is 1.07 bits per heavy atom. The van der Waals surface area contributed by atoms with Crippen LogP contribution in [0.5, 0.6) is 0 Å². The van der Waals surface area contributed by atoms with Gasteiger partial charge in [-0.2, -0.15) is 0 Å². The number of amides is 1. The van der Waals surface area contributed by atoms with Crippen molar-refractivity contribution in [2.75, 3.05) is 0 Å². The average Bonchev–Trinajstić information content (AvgIpc) is 3.18. The zero-order valence-electron chi connectivity index (χ0n) is 15.1. The minimum atomic E-state index is -0.256. The highest BCUT2D eigenvalue weighted by molar-refractivity contribution is 7.15. The molecule has 1 N–H and O–H groups in total. The molecule has 0 aliphatic rings. The molecule has 0 bridgehead atoms. The van der Waals surface area contributed by atoms with Gasteiger partial charge in [-0.15, -0.1) is 10.2 Å². The third-order valence-electron chi connectivity index (χ3n) is 4.02. The van der Waals surface area contributed by atoms with Gasteiger partial charge in [0, 0.05) is 6.54 Å². The highest BCUT2D eigenvalue weighted by Crippen LogP contribution is 2.26. The molecule has 0 fully saturated rings. The van der Waals surface area contributed by atoms with Crippen LogP contribution in [-0.2, 0) is 6.54 Å². The molecule has 4 nitrogen and oxygen atoms in total. The number of nitrogens with zero attached hydrogens (tertiary/aromatic N) is 2. The number of aromatic nitrogens is 2. The summed E-state index contributed by atoms with van der Waals surface area (Å²) in [4.78, 5) is 12.2. The molecule has 0 unspecified atom stereocenters. The standard InChI is InChI=1S/C21H20ClN3OS/c1-14(2)17-10-8-15(9-11-17)12-18(22)20-24-25-21(27-20)19(26)23-13-16-6-4-3-5-7-16/h3-12,14H,13H2,1-2H3,(H,23,26)/b18-12-. The first-order valence-corrected chi connectivity index (χ1v) is 9.85. The minimum Gasteiger partial charge on any atom is -0.346 e. The van der Waals surface area contributed by atoms with Crippen LogP contribution in [0.3, 0.4) is 0 Å². The molecular formula is C21H20ClN3OS. The Hall–Kier alpha value is -2.50. The van der Waals surface area contributed by atoms with Gasteiger partial charge in [-0.1, -0.05) is 91.4 Å². The summed E-state index contributed by atoms with van der Waals surface area (Å²) in [5.41, 5.74) is 3.28. The second-order valence-electron chi connectivity index (χ2n) is 6.39. The number of rotatable bonds is 6. The normalized spacial score (nSPS) is 11.6. The first-order valence-electron chi connectivity index (χ1n) is 8.66. The molecule has 6 heteroatoms. The van der Waals surface area contributed by atoms with Crippen molar-refractivity contribution < 1.29 is 4.79 Å². The Kier molecular flexibility index (Phi) is 6.37. The molecular weight excluding hydrogens is 378 g/mol. The summed E-state index contributed by atoms with van der Waals surface area (Å²) in [5, 5.41) is 12.1. The van der Waals surface area contributed by atoms with Crippen molar-refractivity contribution in [3.63, 3.8) is 0 Å². The van der Waals surface area contributed by atoms with Gasteiger partial charge in [0.2, 0.25) is 5.01 Å². The number of halogens is 1. The Morgan fingerprint density at radius 2 is 1.74 bits per heavy atom. The number of benzene rings is 2. The van der Waals surface area contributed by atoms with E-state index in [2.05, 4.69) is 41.5 Å². The zero-order chi connectivity index (χ0) is 19.2. The second kappa shape index (κ2) is 8.93. The Labute approximate surface area is 167 Å². The maximum absolute atomic E-state index is 12.2. The van der Waals surface area contributed by atoms with E-state index in [-0.39, 0.29) is 5.91 Å². The summed E-state index contributed by atoms with van der Waals surface area (Å²) in [7, 11) is 0. The molecule has 0 aliphatic heterocycles. The van der Waals surface area contributed by atoms with Gasteiger partial charge in [-0.25, -0.2) is 0 Å². The van der Waals surface area contributed by atoms with E-state index in [1.165, 1.54) is 16.9 Å². The molecule has 0 spiro atoms. The van der Waals surface area contributed by atoms with E-state index in [1.807, 2.05) is 48.5 Å². The molecule has 1 amide bonds. The minimum absolute atomic E-state index is 0.256. The van der Waals surface area contributed by atoms with E-state index in [1.54, 1.807) is 0 Å². The lowest BCUT2D eigenvalue weighted by atomic mass is 10.0. The quantitative estimate of drug-likeness (QED) is 0.611. The molecule has 0 aliphatic carbocycles. The molecule has 3 rings (SSSR count). The predicted octanol–water partition coefficient (Wildman–Crippen LogP) is 5.33. The van der Waals surface area contributed by atoms with E-state index < -0.39 is 0 Å². The lowest BCUT2D eigenvalue weighted by Crippen LogP contribution is -2.22. The Bertz CT molecular complexity index is 934.